The molecular formula is C13H24N2O2. The average molecular weight is 240 g/mol. The van der Waals surface area contributed by atoms with E-state index in [1.165, 1.54) is 0 Å². The molecule has 4 heteroatoms. The monoisotopic (exact) mass is 240 g/mol. The summed E-state index contributed by atoms with van der Waals surface area (Å²) in [6.45, 7) is 4.06. The number of rotatable bonds is 4. The van der Waals surface area contributed by atoms with Gasteiger partial charge in [0, 0.05) is 13.2 Å². The molecule has 0 atom stereocenters. The third-order valence-electron chi connectivity index (χ3n) is 4.48. The van der Waals surface area contributed by atoms with E-state index >= 15 is 0 Å². The Bertz CT molecular complexity index is 269. The number of amides is 1. The van der Waals surface area contributed by atoms with Crippen LogP contribution in [0.25, 0.3) is 0 Å². The van der Waals surface area contributed by atoms with Crippen molar-refractivity contribution in [2.24, 2.45) is 5.41 Å². The van der Waals surface area contributed by atoms with E-state index in [1.54, 1.807) is 7.11 Å². The van der Waals surface area contributed by atoms with E-state index in [-0.39, 0.29) is 11.3 Å². The minimum atomic E-state index is -0.122. The molecule has 1 aliphatic heterocycles. The predicted molar refractivity (Wildman–Crippen MR) is 66.8 cm³/mol. The maximum Gasteiger partial charge on any atom is 0.226 e. The van der Waals surface area contributed by atoms with E-state index in [0.717, 1.165) is 45.2 Å². The summed E-state index contributed by atoms with van der Waals surface area (Å²) in [5.74, 6) is 0.265. The summed E-state index contributed by atoms with van der Waals surface area (Å²) in [6, 6.07) is 0.339. The highest BCUT2D eigenvalue weighted by atomic mass is 16.5. The van der Waals surface area contributed by atoms with Gasteiger partial charge in [-0.2, -0.15) is 0 Å². The van der Waals surface area contributed by atoms with Gasteiger partial charge in [-0.1, -0.05) is 6.92 Å². The molecule has 1 saturated heterocycles. The van der Waals surface area contributed by atoms with E-state index in [9.17, 15) is 4.79 Å². The molecule has 2 rings (SSSR count). The summed E-state index contributed by atoms with van der Waals surface area (Å²) in [5.41, 5.74) is -0.122. The fourth-order valence-electron chi connectivity index (χ4n) is 2.86. The van der Waals surface area contributed by atoms with Crippen LogP contribution in [0.5, 0.6) is 0 Å². The van der Waals surface area contributed by atoms with Crippen LogP contribution in [0.4, 0.5) is 0 Å². The number of hydrogen-bond donors (Lipinski definition) is 2. The van der Waals surface area contributed by atoms with Crippen LogP contribution in [0, 0.1) is 5.41 Å². The van der Waals surface area contributed by atoms with E-state index in [0.29, 0.717) is 12.1 Å². The van der Waals surface area contributed by atoms with Gasteiger partial charge in [0.15, 0.2) is 0 Å². The van der Waals surface area contributed by atoms with Gasteiger partial charge in [-0.3, -0.25) is 4.79 Å². The van der Waals surface area contributed by atoms with Crippen molar-refractivity contribution in [3.8, 4) is 0 Å². The Balaban J connectivity index is 1.85. The van der Waals surface area contributed by atoms with Gasteiger partial charge in [0.1, 0.15) is 0 Å². The summed E-state index contributed by atoms with van der Waals surface area (Å²) in [5, 5.41) is 6.52. The number of ether oxygens (including phenoxy) is 1. The topological polar surface area (TPSA) is 50.4 Å². The largest absolute Gasteiger partial charge is 0.381 e. The van der Waals surface area contributed by atoms with Crippen LogP contribution in [0.3, 0.4) is 0 Å². The van der Waals surface area contributed by atoms with Gasteiger partial charge >= 0.3 is 0 Å². The third-order valence-corrected chi connectivity index (χ3v) is 4.48. The molecule has 1 aliphatic carbocycles. The maximum absolute atomic E-state index is 12.4. The number of piperidine rings is 1. The summed E-state index contributed by atoms with van der Waals surface area (Å²) in [6.07, 6.45) is 5.18. The van der Waals surface area contributed by atoms with Crippen molar-refractivity contribution in [1.82, 2.24) is 10.6 Å². The van der Waals surface area contributed by atoms with E-state index in [2.05, 4.69) is 17.6 Å². The first-order valence-electron chi connectivity index (χ1n) is 6.74. The summed E-state index contributed by atoms with van der Waals surface area (Å²) in [4.78, 5) is 12.4. The zero-order chi connectivity index (χ0) is 12.3. The maximum atomic E-state index is 12.4. The highest BCUT2D eigenvalue weighted by molar-refractivity contribution is 5.83. The Hall–Kier alpha value is -0.610. The molecule has 17 heavy (non-hydrogen) atoms. The van der Waals surface area contributed by atoms with Crippen LogP contribution in [-0.4, -0.2) is 38.3 Å². The summed E-state index contributed by atoms with van der Waals surface area (Å²) in [7, 11) is 1.74. The highest BCUT2D eigenvalue weighted by Crippen LogP contribution is 2.34. The lowest BCUT2D eigenvalue weighted by molar-refractivity contribution is -0.135. The molecule has 98 valence electrons. The second-order valence-corrected chi connectivity index (χ2v) is 5.38. The Kier molecular flexibility index (Phi) is 4.05. The third kappa shape index (κ3) is 2.63. The molecule has 4 nitrogen and oxygen atoms in total. The minimum Gasteiger partial charge on any atom is -0.381 e. The van der Waals surface area contributed by atoms with Crippen molar-refractivity contribution in [2.75, 3.05) is 20.2 Å². The number of methoxy groups -OCH3 is 1. The molecule has 0 radical (unpaired) electrons. The van der Waals surface area contributed by atoms with Gasteiger partial charge in [0.2, 0.25) is 5.91 Å². The van der Waals surface area contributed by atoms with Crippen LogP contribution in [0.2, 0.25) is 0 Å². The normalized spacial score (nSPS) is 31.6. The molecule has 2 fully saturated rings. The van der Waals surface area contributed by atoms with Crippen molar-refractivity contribution in [1.29, 1.82) is 0 Å². The molecule has 0 bridgehead atoms. The lowest BCUT2D eigenvalue weighted by Gasteiger charge is -2.40. The van der Waals surface area contributed by atoms with Crippen molar-refractivity contribution in [3.05, 3.63) is 0 Å². The summed E-state index contributed by atoms with van der Waals surface area (Å²) < 4.78 is 5.23. The molecule has 0 aromatic rings. The molecule has 0 aromatic heterocycles. The fraction of sp³-hybridized carbons (Fsp3) is 0.923. The molecular weight excluding hydrogens is 216 g/mol. The SMILES string of the molecule is CCC1(C(=O)NC2CC(OC)C2)CCNCC1. The van der Waals surface area contributed by atoms with E-state index < -0.39 is 0 Å². The quantitative estimate of drug-likeness (QED) is 0.772. The Morgan fingerprint density at radius 2 is 2.06 bits per heavy atom. The van der Waals surface area contributed by atoms with Crippen LogP contribution in [-0.2, 0) is 9.53 Å². The first-order chi connectivity index (χ1) is 8.20. The Labute approximate surface area is 103 Å². The summed E-state index contributed by atoms with van der Waals surface area (Å²) >= 11 is 0. The molecule has 0 unspecified atom stereocenters. The molecule has 0 spiro atoms. The second kappa shape index (κ2) is 5.36. The lowest BCUT2D eigenvalue weighted by Crippen LogP contribution is -2.54. The molecule has 1 amide bonds. The predicted octanol–water partition coefficient (Wildman–Crippen LogP) is 1.06. The van der Waals surface area contributed by atoms with Gasteiger partial charge in [-0.25, -0.2) is 0 Å². The molecule has 1 saturated carbocycles. The van der Waals surface area contributed by atoms with E-state index in [1.807, 2.05) is 0 Å². The number of carbonyl (C=O) groups is 1. The van der Waals surface area contributed by atoms with Crippen molar-refractivity contribution >= 4 is 5.91 Å². The van der Waals surface area contributed by atoms with Gasteiger partial charge in [0.05, 0.1) is 11.5 Å². The second-order valence-electron chi connectivity index (χ2n) is 5.38. The first kappa shape index (κ1) is 12.8. The lowest BCUT2D eigenvalue weighted by atomic mass is 9.75. The van der Waals surface area contributed by atoms with Crippen LogP contribution < -0.4 is 10.6 Å². The van der Waals surface area contributed by atoms with Gasteiger partial charge in [-0.15, -0.1) is 0 Å². The highest BCUT2D eigenvalue weighted by Gasteiger charge is 2.40. The smallest absolute Gasteiger partial charge is 0.226 e. The fourth-order valence-corrected chi connectivity index (χ4v) is 2.86. The van der Waals surface area contributed by atoms with Gasteiger partial charge in [0.25, 0.3) is 0 Å². The molecule has 0 aromatic carbocycles. The zero-order valence-electron chi connectivity index (χ0n) is 10.9. The van der Waals surface area contributed by atoms with Crippen molar-refractivity contribution < 1.29 is 9.53 Å². The minimum absolute atomic E-state index is 0.122. The first-order valence-corrected chi connectivity index (χ1v) is 6.74. The van der Waals surface area contributed by atoms with Gasteiger partial charge in [-0.05, 0) is 45.2 Å². The van der Waals surface area contributed by atoms with Crippen LogP contribution in [0.1, 0.15) is 39.0 Å². The van der Waals surface area contributed by atoms with E-state index in [4.69, 9.17) is 4.74 Å². The molecule has 2 N–H and O–H groups in total. The molecule has 2 aliphatic rings. The standard InChI is InChI=1S/C13H24N2O2/c1-3-13(4-6-14-7-5-13)12(16)15-10-8-11(9-10)17-2/h10-11,14H,3-9H2,1-2H3,(H,15,16). The number of hydrogen-bond acceptors (Lipinski definition) is 3. The van der Waals surface area contributed by atoms with Crippen LogP contribution >= 0.6 is 0 Å². The Morgan fingerprint density at radius 1 is 1.41 bits per heavy atom. The van der Waals surface area contributed by atoms with Crippen molar-refractivity contribution in [2.45, 2.75) is 51.2 Å². The number of nitrogens with one attached hydrogen (secondary N) is 2. The van der Waals surface area contributed by atoms with Gasteiger partial charge < -0.3 is 15.4 Å². The van der Waals surface area contributed by atoms with Crippen molar-refractivity contribution in [3.63, 3.8) is 0 Å². The number of carbonyl (C=O) groups excluding carboxylic acids is 1. The average Bonchev–Trinajstić information content (AvgIpc) is 2.33. The Morgan fingerprint density at radius 3 is 2.59 bits per heavy atom. The molecule has 1 heterocycles. The zero-order valence-corrected chi connectivity index (χ0v) is 10.9. The van der Waals surface area contributed by atoms with Crippen LogP contribution in [0.15, 0.2) is 0 Å².